The van der Waals surface area contributed by atoms with Gasteiger partial charge in [0.05, 0.1) is 18.9 Å². The van der Waals surface area contributed by atoms with E-state index in [2.05, 4.69) is 24.1 Å². The average molecular weight is 354 g/mol. The molecule has 0 aromatic heterocycles. The number of carbonyl (C=O) groups is 1. The highest BCUT2D eigenvalue weighted by Crippen LogP contribution is 2.35. The molecule has 5 nitrogen and oxygen atoms in total. The first-order valence-corrected chi connectivity index (χ1v) is 9.00. The van der Waals surface area contributed by atoms with Crippen LogP contribution in [-0.2, 0) is 4.79 Å². The highest BCUT2D eigenvalue weighted by molar-refractivity contribution is 8.23. The monoisotopic (exact) mass is 354 g/mol. The lowest BCUT2D eigenvalue weighted by molar-refractivity contribution is -0.119. The first-order valence-electron chi connectivity index (χ1n) is 7.60. The SMILES string of the molecule is CCN(CC)C(=S)SCC(=O)N[C@H]1COc2ccc(OC)cc21. The van der Waals surface area contributed by atoms with E-state index in [4.69, 9.17) is 21.7 Å². The Morgan fingerprint density at radius 2 is 2.22 bits per heavy atom. The van der Waals surface area contributed by atoms with Crippen LogP contribution in [0.15, 0.2) is 18.2 Å². The molecule has 126 valence electrons. The summed E-state index contributed by atoms with van der Waals surface area (Å²) in [6, 6.07) is 5.47. The topological polar surface area (TPSA) is 50.8 Å². The van der Waals surface area contributed by atoms with Crippen molar-refractivity contribution in [3.8, 4) is 11.5 Å². The number of hydrogen-bond donors (Lipinski definition) is 1. The van der Waals surface area contributed by atoms with E-state index in [9.17, 15) is 4.79 Å². The predicted molar refractivity (Wildman–Crippen MR) is 97.3 cm³/mol. The number of rotatable bonds is 6. The summed E-state index contributed by atoms with van der Waals surface area (Å²) in [5, 5.41) is 3.00. The Morgan fingerprint density at radius 1 is 1.48 bits per heavy atom. The molecule has 1 aromatic carbocycles. The summed E-state index contributed by atoms with van der Waals surface area (Å²) >= 11 is 6.73. The van der Waals surface area contributed by atoms with Gasteiger partial charge in [-0.2, -0.15) is 0 Å². The fourth-order valence-corrected chi connectivity index (χ4v) is 3.59. The standard InChI is InChI=1S/C16H22N2O3S2/c1-4-18(5-2)16(22)23-10-15(19)17-13-9-21-14-7-6-11(20-3)8-12(13)14/h6-8,13H,4-5,9-10H2,1-3H3,(H,17,19)/t13-/m0/s1. The van der Waals surface area contributed by atoms with Crippen molar-refractivity contribution in [1.29, 1.82) is 0 Å². The second-order valence-corrected chi connectivity index (χ2v) is 6.67. The number of carbonyl (C=O) groups excluding carboxylic acids is 1. The molecule has 0 spiro atoms. The minimum absolute atomic E-state index is 0.0474. The van der Waals surface area contributed by atoms with Crippen LogP contribution in [-0.4, -0.2) is 47.7 Å². The van der Waals surface area contributed by atoms with E-state index in [1.54, 1.807) is 7.11 Å². The first-order chi connectivity index (χ1) is 11.1. The Bertz CT molecular complexity index is 576. The van der Waals surface area contributed by atoms with Crippen LogP contribution in [0.25, 0.3) is 0 Å². The number of amides is 1. The van der Waals surface area contributed by atoms with Gasteiger partial charge in [0.1, 0.15) is 22.4 Å². The van der Waals surface area contributed by atoms with Crippen molar-refractivity contribution in [2.24, 2.45) is 0 Å². The van der Waals surface area contributed by atoms with Gasteiger partial charge in [-0.1, -0.05) is 24.0 Å². The van der Waals surface area contributed by atoms with E-state index in [0.717, 1.165) is 34.5 Å². The van der Waals surface area contributed by atoms with Gasteiger partial charge in [-0.3, -0.25) is 4.79 Å². The molecule has 0 fully saturated rings. The molecule has 7 heteroatoms. The summed E-state index contributed by atoms with van der Waals surface area (Å²) in [5.74, 6) is 1.81. The molecule has 1 heterocycles. The van der Waals surface area contributed by atoms with Crippen LogP contribution >= 0.6 is 24.0 Å². The lowest BCUT2D eigenvalue weighted by atomic mass is 10.1. The molecule has 1 aromatic rings. The van der Waals surface area contributed by atoms with E-state index in [-0.39, 0.29) is 11.9 Å². The molecule has 1 aliphatic rings. The summed E-state index contributed by atoms with van der Waals surface area (Å²) in [5.41, 5.74) is 0.953. The summed E-state index contributed by atoms with van der Waals surface area (Å²) in [6.07, 6.45) is 0. The van der Waals surface area contributed by atoms with Gasteiger partial charge in [0.25, 0.3) is 0 Å². The maximum Gasteiger partial charge on any atom is 0.231 e. The van der Waals surface area contributed by atoms with E-state index in [1.807, 2.05) is 18.2 Å². The number of ether oxygens (including phenoxy) is 2. The van der Waals surface area contributed by atoms with Crippen LogP contribution in [0.5, 0.6) is 11.5 Å². The van der Waals surface area contributed by atoms with Gasteiger partial charge >= 0.3 is 0 Å². The number of thioether (sulfide) groups is 1. The summed E-state index contributed by atoms with van der Waals surface area (Å²) < 4.78 is 11.6. The molecule has 0 unspecified atom stereocenters. The summed E-state index contributed by atoms with van der Waals surface area (Å²) in [6.45, 7) is 6.26. The molecule has 23 heavy (non-hydrogen) atoms. The Hall–Kier alpha value is -1.47. The largest absolute Gasteiger partial charge is 0.497 e. The van der Waals surface area contributed by atoms with Gasteiger partial charge in [-0.25, -0.2) is 0 Å². The van der Waals surface area contributed by atoms with Crippen molar-refractivity contribution in [2.75, 3.05) is 32.6 Å². The Labute approximate surface area is 146 Å². The Morgan fingerprint density at radius 3 is 2.87 bits per heavy atom. The molecule has 2 rings (SSSR count). The number of hydrogen-bond acceptors (Lipinski definition) is 5. The molecule has 1 atom stereocenters. The smallest absolute Gasteiger partial charge is 0.231 e. The maximum atomic E-state index is 12.2. The number of thiocarbonyl (C=S) groups is 1. The summed E-state index contributed by atoms with van der Waals surface area (Å²) in [4.78, 5) is 14.2. The second-order valence-electron chi connectivity index (χ2n) is 5.06. The zero-order valence-corrected chi connectivity index (χ0v) is 15.3. The van der Waals surface area contributed by atoms with Crippen molar-refractivity contribution in [3.05, 3.63) is 23.8 Å². The molecule has 0 aliphatic carbocycles. The van der Waals surface area contributed by atoms with Crippen LogP contribution < -0.4 is 14.8 Å². The van der Waals surface area contributed by atoms with Gasteiger partial charge in [-0.15, -0.1) is 0 Å². The van der Waals surface area contributed by atoms with Crippen LogP contribution in [0, 0.1) is 0 Å². The Kier molecular flexibility index (Phi) is 6.53. The zero-order valence-electron chi connectivity index (χ0n) is 13.6. The zero-order chi connectivity index (χ0) is 16.8. The van der Waals surface area contributed by atoms with E-state index < -0.39 is 0 Å². The van der Waals surface area contributed by atoms with Crippen molar-refractivity contribution >= 4 is 34.2 Å². The van der Waals surface area contributed by atoms with Gasteiger partial charge < -0.3 is 19.7 Å². The number of methoxy groups -OCH3 is 1. The van der Waals surface area contributed by atoms with Crippen LogP contribution in [0.2, 0.25) is 0 Å². The van der Waals surface area contributed by atoms with Gasteiger partial charge in [0.15, 0.2) is 0 Å². The third-order valence-corrected chi connectivity index (χ3v) is 5.20. The minimum Gasteiger partial charge on any atom is -0.497 e. The predicted octanol–water partition coefficient (Wildman–Crippen LogP) is 2.60. The van der Waals surface area contributed by atoms with Crippen molar-refractivity contribution < 1.29 is 14.3 Å². The van der Waals surface area contributed by atoms with Crippen LogP contribution in [0.3, 0.4) is 0 Å². The number of fused-ring (bicyclic) bond motifs is 1. The Balaban J connectivity index is 1.89. The van der Waals surface area contributed by atoms with Gasteiger partial charge in [0, 0.05) is 18.7 Å². The molecule has 0 saturated heterocycles. The molecule has 0 saturated carbocycles. The van der Waals surface area contributed by atoms with Crippen molar-refractivity contribution in [1.82, 2.24) is 10.2 Å². The molecular formula is C16H22N2O3S2. The van der Waals surface area contributed by atoms with Crippen LogP contribution in [0.4, 0.5) is 0 Å². The molecule has 1 amide bonds. The molecule has 0 radical (unpaired) electrons. The number of nitrogens with zero attached hydrogens (tertiary/aromatic N) is 1. The third-order valence-electron chi connectivity index (χ3n) is 3.68. The second kappa shape index (κ2) is 8.40. The highest BCUT2D eigenvalue weighted by Gasteiger charge is 2.26. The van der Waals surface area contributed by atoms with E-state index >= 15 is 0 Å². The lowest BCUT2D eigenvalue weighted by Crippen LogP contribution is -2.33. The number of nitrogens with one attached hydrogen (secondary N) is 1. The molecule has 1 N–H and O–H groups in total. The average Bonchev–Trinajstić information content (AvgIpc) is 2.96. The number of benzene rings is 1. The van der Waals surface area contributed by atoms with Crippen LogP contribution in [0.1, 0.15) is 25.5 Å². The van der Waals surface area contributed by atoms with E-state index in [1.165, 1.54) is 11.8 Å². The fourth-order valence-electron chi connectivity index (χ4n) is 2.38. The van der Waals surface area contributed by atoms with Crippen molar-refractivity contribution in [3.63, 3.8) is 0 Å². The first kappa shape index (κ1) is 17.9. The summed E-state index contributed by atoms with van der Waals surface area (Å²) in [7, 11) is 1.62. The van der Waals surface area contributed by atoms with Gasteiger partial charge in [0.2, 0.25) is 5.91 Å². The maximum absolute atomic E-state index is 12.2. The van der Waals surface area contributed by atoms with E-state index in [0.29, 0.717) is 12.4 Å². The molecular weight excluding hydrogens is 332 g/mol. The normalized spacial score (nSPS) is 15.5. The molecule has 0 bridgehead atoms. The quantitative estimate of drug-likeness (QED) is 0.793. The van der Waals surface area contributed by atoms with Crippen molar-refractivity contribution in [2.45, 2.75) is 19.9 Å². The highest BCUT2D eigenvalue weighted by atomic mass is 32.2. The van der Waals surface area contributed by atoms with Gasteiger partial charge in [-0.05, 0) is 32.0 Å². The molecule has 1 aliphatic heterocycles. The third kappa shape index (κ3) is 4.51. The lowest BCUT2D eigenvalue weighted by Gasteiger charge is -2.21. The minimum atomic E-state index is -0.143. The fraction of sp³-hybridized carbons (Fsp3) is 0.500.